The minimum absolute atomic E-state index is 0.0460. The number of nitrogens with one attached hydrogen (secondary N) is 1. The smallest absolute Gasteiger partial charge is 0.328 e. The molecule has 1 N–H and O–H groups in total. The molecular weight excluding hydrogens is 324 g/mol. The van der Waals surface area contributed by atoms with Crippen LogP contribution in [0.5, 0.6) is 0 Å². The highest BCUT2D eigenvalue weighted by Crippen LogP contribution is 2.30. The van der Waals surface area contributed by atoms with Gasteiger partial charge < -0.3 is 4.84 Å². The van der Waals surface area contributed by atoms with Crippen molar-refractivity contribution < 1.29 is 27.6 Å². The molecule has 9 heteroatoms. The number of rotatable bonds is 2. The summed E-state index contributed by atoms with van der Waals surface area (Å²) in [6.45, 7) is 1.45. The fraction of sp³-hybridized carbons (Fsp3) is 0.357. The maximum atomic E-state index is 12.3. The third kappa shape index (κ3) is 2.23. The van der Waals surface area contributed by atoms with Crippen LogP contribution < -0.4 is 4.72 Å². The predicted molar refractivity (Wildman–Crippen MR) is 77.6 cm³/mol. The average molecular weight is 338 g/mol. The normalized spacial score (nSPS) is 26.0. The Kier molecular flexibility index (Phi) is 3.49. The number of fused-ring (bicyclic) bond motifs is 1. The highest BCUT2D eigenvalue weighted by molar-refractivity contribution is 7.91. The van der Waals surface area contributed by atoms with Crippen molar-refractivity contribution in [3.63, 3.8) is 0 Å². The maximum absolute atomic E-state index is 12.3. The van der Waals surface area contributed by atoms with Gasteiger partial charge in [-0.2, -0.15) is 0 Å². The zero-order valence-electron chi connectivity index (χ0n) is 12.2. The molecule has 122 valence electrons. The highest BCUT2D eigenvalue weighted by Gasteiger charge is 2.52. The summed E-state index contributed by atoms with van der Waals surface area (Å²) in [6, 6.07) is 6.02. The van der Waals surface area contributed by atoms with E-state index in [9.17, 15) is 22.8 Å². The lowest BCUT2D eigenvalue weighted by atomic mass is 10.0. The largest absolute Gasteiger partial charge is 0.355 e. The molecule has 1 fully saturated rings. The van der Waals surface area contributed by atoms with E-state index in [0.29, 0.717) is 11.5 Å². The molecule has 0 radical (unpaired) electrons. The van der Waals surface area contributed by atoms with Crippen molar-refractivity contribution in [1.82, 2.24) is 9.79 Å². The zero-order valence-corrected chi connectivity index (χ0v) is 13.1. The second kappa shape index (κ2) is 5.14. The molecule has 0 spiro atoms. The lowest BCUT2D eigenvalue weighted by Gasteiger charge is -2.31. The van der Waals surface area contributed by atoms with Crippen LogP contribution in [-0.4, -0.2) is 42.6 Å². The molecule has 2 heterocycles. The molecule has 1 saturated heterocycles. The standard InChI is InChI=1S/C14H14N2O6S/c1-14(7-4-8-15-23(14,20)21)13(19)22-16-11(17)9-5-2-3-6-10(9)12(16)18/h2-3,5-6,15H,4,7-8H2,1H3. The Morgan fingerprint density at radius 3 is 2.30 bits per heavy atom. The van der Waals surface area contributed by atoms with Crippen LogP contribution in [-0.2, 0) is 19.7 Å². The van der Waals surface area contributed by atoms with Crippen LogP contribution in [0.4, 0.5) is 0 Å². The zero-order chi connectivity index (χ0) is 16.8. The molecule has 8 nitrogen and oxygen atoms in total. The van der Waals surface area contributed by atoms with Gasteiger partial charge in [-0.1, -0.05) is 17.2 Å². The van der Waals surface area contributed by atoms with E-state index < -0.39 is 32.6 Å². The molecule has 3 rings (SSSR count). The van der Waals surface area contributed by atoms with E-state index in [1.165, 1.54) is 19.1 Å². The topological polar surface area (TPSA) is 110 Å². The Bertz CT molecular complexity index is 783. The van der Waals surface area contributed by atoms with Gasteiger partial charge in [-0.3, -0.25) is 9.59 Å². The van der Waals surface area contributed by atoms with E-state index in [4.69, 9.17) is 4.84 Å². The summed E-state index contributed by atoms with van der Waals surface area (Å²) in [7, 11) is -3.94. The lowest BCUT2D eigenvalue weighted by Crippen LogP contribution is -2.55. The number of sulfonamides is 1. The quantitative estimate of drug-likeness (QED) is 0.772. The molecule has 2 aliphatic heterocycles. The van der Waals surface area contributed by atoms with Gasteiger partial charge in [0, 0.05) is 6.54 Å². The van der Waals surface area contributed by atoms with Gasteiger partial charge in [0.05, 0.1) is 11.1 Å². The Labute approximate surface area is 132 Å². The fourth-order valence-electron chi connectivity index (χ4n) is 2.57. The fourth-order valence-corrected chi connectivity index (χ4v) is 3.97. The van der Waals surface area contributed by atoms with Crippen molar-refractivity contribution >= 4 is 27.8 Å². The van der Waals surface area contributed by atoms with Gasteiger partial charge in [0.1, 0.15) is 0 Å². The average Bonchev–Trinajstić information content (AvgIpc) is 2.76. The van der Waals surface area contributed by atoms with Gasteiger partial charge >= 0.3 is 5.97 Å². The number of carbonyl (C=O) groups excluding carboxylic acids is 3. The molecular formula is C14H14N2O6S. The summed E-state index contributed by atoms with van der Waals surface area (Å²) in [5.41, 5.74) is 0.222. The number of benzene rings is 1. The summed E-state index contributed by atoms with van der Waals surface area (Å²) in [4.78, 5) is 41.5. The number of hydrogen-bond acceptors (Lipinski definition) is 6. The summed E-state index contributed by atoms with van der Waals surface area (Å²) >= 11 is 0. The molecule has 0 bridgehead atoms. The van der Waals surface area contributed by atoms with E-state index in [-0.39, 0.29) is 24.1 Å². The molecule has 1 atom stereocenters. The van der Waals surface area contributed by atoms with Gasteiger partial charge in [-0.05, 0) is 31.9 Å². The second-order valence-electron chi connectivity index (χ2n) is 5.56. The SMILES string of the molecule is CC1(C(=O)ON2C(=O)c3ccccc3C2=O)CCCNS1(=O)=O. The van der Waals surface area contributed by atoms with E-state index in [1.807, 2.05) is 0 Å². The minimum atomic E-state index is -3.94. The Balaban J connectivity index is 1.87. The molecule has 1 aromatic carbocycles. The molecule has 23 heavy (non-hydrogen) atoms. The molecule has 0 aliphatic carbocycles. The first kappa shape index (κ1) is 15.6. The van der Waals surface area contributed by atoms with E-state index in [1.54, 1.807) is 12.1 Å². The molecule has 2 amide bonds. The number of hydrogen-bond donors (Lipinski definition) is 1. The van der Waals surface area contributed by atoms with Crippen LogP contribution in [0.15, 0.2) is 24.3 Å². The van der Waals surface area contributed by atoms with Crippen molar-refractivity contribution in [2.75, 3.05) is 6.54 Å². The van der Waals surface area contributed by atoms with Crippen LogP contribution in [0.25, 0.3) is 0 Å². The van der Waals surface area contributed by atoms with Gasteiger partial charge in [-0.15, -0.1) is 0 Å². The van der Waals surface area contributed by atoms with Crippen molar-refractivity contribution in [3.8, 4) is 0 Å². The summed E-state index contributed by atoms with van der Waals surface area (Å²) in [6.07, 6.45) is 0.497. The lowest BCUT2D eigenvalue weighted by molar-refractivity contribution is -0.171. The van der Waals surface area contributed by atoms with Crippen molar-refractivity contribution in [2.45, 2.75) is 24.5 Å². The number of hydroxylamine groups is 2. The predicted octanol–water partition coefficient (Wildman–Crippen LogP) is 0.213. The van der Waals surface area contributed by atoms with Gasteiger partial charge in [0.15, 0.2) is 4.75 Å². The summed E-state index contributed by atoms with van der Waals surface area (Å²) in [5.74, 6) is -2.73. The van der Waals surface area contributed by atoms with E-state index in [2.05, 4.69) is 4.72 Å². The molecule has 0 saturated carbocycles. The Morgan fingerprint density at radius 1 is 1.22 bits per heavy atom. The molecule has 2 aliphatic rings. The first-order valence-corrected chi connectivity index (χ1v) is 8.46. The van der Waals surface area contributed by atoms with Crippen molar-refractivity contribution in [1.29, 1.82) is 0 Å². The molecule has 1 unspecified atom stereocenters. The van der Waals surface area contributed by atoms with Crippen LogP contribution >= 0.6 is 0 Å². The maximum Gasteiger partial charge on any atom is 0.355 e. The Morgan fingerprint density at radius 2 is 1.78 bits per heavy atom. The van der Waals surface area contributed by atoms with Crippen LogP contribution in [0.1, 0.15) is 40.5 Å². The Hall–Kier alpha value is -2.26. The van der Waals surface area contributed by atoms with Crippen LogP contribution in [0.3, 0.4) is 0 Å². The molecule has 0 aromatic heterocycles. The second-order valence-corrected chi connectivity index (χ2v) is 7.76. The number of imide groups is 1. The third-order valence-corrected chi connectivity index (χ3v) is 6.22. The third-order valence-electron chi connectivity index (χ3n) is 4.08. The summed E-state index contributed by atoms with van der Waals surface area (Å²) < 4.78 is 24.6. The summed E-state index contributed by atoms with van der Waals surface area (Å²) in [5, 5.41) is 0.322. The van der Waals surface area contributed by atoms with Crippen molar-refractivity contribution in [2.24, 2.45) is 0 Å². The molecule has 1 aromatic rings. The highest BCUT2D eigenvalue weighted by atomic mass is 32.2. The number of amides is 2. The van der Waals surface area contributed by atoms with Gasteiger partial charge in [0.2, 0.25) is 10.0 Å². The first-order valence-electron chi connectivity index (χ1n) is 6.97. The van der Waals surface area contributed by atoms with Crippen LogP contribution in [0.2, 0.25) is 0 Å². The van der Waals surface area contributed by atoms with Gasteiger partial charge in [-0.25, -0.2) is 17.9 Å². The first-order chi connectivity index (χ1) is 10.8. The van der Waals surface area contributed by atoms with Crippen molar-refractivity contribution in [3.05, 3.63) is 35.4 Å². The van der Waals surface area contributed by atoms with Gasteiger partial charge in [0.25, 0.3) is 11.8 Å². The minimum Gasteiger partial charge on any atom is -0.328 e. The van der Waals surface area contributed by atoms with E-state index in [0.717, 1.165) is 0 Å². The van der Waals surface area contributed by atoms with E-state index >= 15 is 0 Å². The number of nitrogens with zero attached hydrogens (tertiary/aromatic N) is 1. The number of carbonyl (C=O) groups is 3. The monoisotopic (exact) mass is 338 g/mol. The van der Waals surface area contributed by atoms with Crippen LogP contribution in [0, 0.1) is 0 Å².